The maximum absolute atomic E-state index is 12.8. The van der Waals surface area contributed by atoms with Crippen LogP contribution in [-0.4, -0.2) is 11.8 Å². The first-order valence-electron chi connectivity index (χ1n) is 7.48. The van der Waals surface area contributed by atoms with Crippen molar-refractivity contribution in [3.63, 3.8) is 0 Å². The molecule has 0 unspecified atom stereocenters. The molecule has 1 heterocycles. The van der Waals surface area contributed by atoms with Gasteiger partial charge in [-0.3, -0.25) is 14.5 Å². The molecule has 3 nitrogen and oxygen atoms in total. The Morgan fingerprint density at radius 3 is 1.95 bits per heavy atom. The van der Waals surface area contributed by atoms with E-state index in [-0.39, 0.29) is 23.7 Å². The van der Waals surface area contributed by atoms with E-state index in [1.165, 1.54) is 11.3 Å². The molecule has 4 aliphatic carbocycles. The van der Waals surface area contributed by atoms with Crippen LogP contribution in [0.1, 0.15) is 6.42 Å². The number of imide groups is 1. The molecular formula is C17H14BrNO2. The lowest BCUT2D eigenvalue weighted by Gasteiger charge is -2.37. The van der Waals surface area contributed by atoms with Gasteiger partial charge in [0.2, 0.25) is 11.8 Å². The van der Waals surface area contributed by atoms with E-state index in [1.54, 1.807) is 0 Å². The van der Waals surface area contributed by atoms with Crippen LogP contribution in [0.4, 0.5) is 5.69 Å². The van der Waals surface area contributed by atoms with Crippen molar-refractivity contribution in [3.05, 3.63) is 40.9 Å². The topological polar surface area (TPSA) is 37.4 Å². The van der Waals surface area contributed by atoms with Crippen LogP contribution in [0.15, 0.2) is 40.9 Å². The van der Waals surface area contributed by atoms with Crippen LogP contribution in [0.3, 0.4) is 0 Å². The molecule has 1 aromatic rings. The van der Waals surface area contributed by atoms with Crippen LogP contribution in [0.2, 0.25) is 0 Å². The minimum Gasteiger partial charge on any atom is -0.274 e. The van der Waals surface area contributed by atoms with E-state index >= 15 is 0 Å². The zero-order valence-electron chi connectivity index (χ0n) is 11.3. The second kappa shape index (κ2) is 3.86. The third kappa shape index (κ3) is 1.44. The molecule has 0 N–H and O–H groups in total. The molecule has 1 saturated heterocycles. The number of amides is 2. The van der Waals surface area contributed by atoms with Crippen LogP contribution in [0, 0.1) is 35.5 Å². The minimum absolute atomic E-state index is 0.0111. The predicted molar refractivity (Wildman–Crippen MR) is 81.3 cm³/mol. The van der Waals surface area contributed by atoms with E-state index in [2.05, 4.69) is 28.1 Å². The maximum atomic E-state index is 12.8. The largest absolute Gasteiger partial charge is 0.274 e. The number of hydrogen-bond donors (Lipinski definition) is 0. The first-order chi connectivity index (χ1) is 10.2. The van der Waals surface area contributed by atoms with Crippen molar-refractivity contribution < 1.29 is 9.59 Å². The molecule has 21 heavy (non-hydrogen) atoms. The average Bonchev–Trinajstić information content (AvgIpc) is 3.26. The van der Waals surface area contributed by atoms with Crippen LogP contribution < -0.4 is 4.90 Å². The van der Waals surface area contributed by atoms with Gasteiger partial charge in [-0.2, -0.15) is 0 Å². The summed E-state index contributed by atoms with van der Waals surface area (Å²) < 4.78 is 0.950. The van der Waals surface area contributed by atoms with Crippen LogP contribution >= 0.6 is 15.9 Å². The Labute approximate surface area is 131 Å². The highest BCUT2D eigenvalue weighted by Crippen LogP contribution is 2.65. The standard InChI is InChI=1S/C17H14BrNO2/c18-8-1-3-9(4-2-8)19-16(20)14-10-5-6-11(13-7-12(10)13)15(14)17(19)21/h1-6,10-15H,7H2/t10-,11+,12-,13-,14+,15-/m1/s1. The molecule has 6 atom stereocenters. The highest BCUT2D eigenvalue weighted by atomic mass is 79.9. The average molecular weight is 344 g/mol. The smallest absolute Gasteiger partial charge is 0.238 e. The lowest BCUT2D eigenvalue weighted by Crippen LogP contribution is -2.40. The second-order valence-electron chi connectivity index (χ2n) is 6.64. The van der Waals surface area contributed by atoms with Gasteiger partial charge in [0, 0.05) is 4.47 Å². The van der Waals surface area contributed by atoms with Crippen LogP contribution in [-0.2, 0) is 9.59 Å². The lowest BCUT2D eigenvalue weighted by atomic mass is 9.63. The van der Waals surface area contributed by atoms with Gasteiger partial charge >= 0.3 is 0 Å². The quantitative estimate of drug-likeness (QED) is 0.580. The SMILES string of the molecule is O=C1[C@@H]2[C@H]3C=C[C@H]([C@H]4C[C@H]34)[C@@H]2C(=O)N1c1ccc(Br)cc1. The molecule has 0 aromatic heterocycles. The normalized spacial score (nSPS) is 42.2. The Kier molecular flexibility index (Phi) is 2.23. The highest BCUT2D eigenvalue weighted by Gasteiger charge is 2.67. The summed E-state index contributed by atoms with van der Waals surface area (Å²) in [4.78, 5) is 27.1. The number of carbonyl (C=O) groups excluding carboxylic acids is 2. The molecule has 5 aliphatic rings. The van der Waals surface area contributed by atoms with Crippen molar-refractivity contribution in [3.8, 4) is 0 Å². The lowest BCUT2D eigenvalue weighted by molar-refractivity contribution is -0.124. The zero-order chi connectivity index (χ0) is 14.3. The van der Waals surface area contributed by atoms with Crippen molar-refractivity contribution in [2.45, 2.75) is 6.42 Å². The number of rotatable bonds is 1. The number of benzene rings is 1. The fraction of sp³-hybridized carbons (Fsp3) is 0.412. The zero-order valence-corrected chi connectivity index (χ0v) is 12.9. The van der Waals surface area contributed by atoms with Gasteiger partial charge in [-0.15, -0.1) is 0 Å². The predicted octanol–water partition coefficient (Wildman–Crippen LogP) is 3.01. The number of nitrogens with zero attached hydrogens (tertiary/aromatic N) is 1. The van der Waals surface area contributed by atoms with Gasteiger partial charge in [-0.25, -0.2) is 0 Å². The van der Waals surface area contributed by atoms with Gasteiger partial charge in [0.05, 0.1) is 17.5 Å². The molecular weight excluding hydrogens is 330 g/mol. The summed E-state index contributed by atoms with van der Waals surface area (Å²) in [5, 5.41) is 0. The number of anilines is 1. The van der Waals surface area contributed by atoms with Gasteiger partial charge in [-0.1, -0.05) is 28.1 Å². The van der Waals surface area contributed by atoms with Gasteiger partial charge in [-0.05, 0) is 54.4 Å². The van der Waals surface area contributed by atoms with Crippen LogP contribution in [0.25, 0.3) is 0 Å². The number of hydrogen-bond acceptors (Lipinski definition) is 2. The summed E-state index contributed by atoms with van der Waals surface area (Å²) in [7, 11) is 0. The van der Waals surface area contributed by atoms with Gasteiger partial charge < -0.3 is 0 Å². The molecule has 0 spiro atoms. The number of halogens is 1. The Balaban J connectivity index is 1.58. The molecule has 2 amide bonds. The van der Waals surface area contributed by atoms with E-state index in [1.807, 2.05) is 24.3 Å². The fourth-order valence-corrected chi connectivity index (χ4v) is 5.07. The molecule has 3 fully saturated rings. The molecule has 0 radical (unpaired) electrons. The second-order valence-corrected chi connectivity index (χ2v) is 7.56. The first kappa shape index (κ1) is 12.2. The monoisotopic (exact) mass is 343 g/mol. The summed E-state index contributed by atoms with van der Waals surface area (Å²) in [6.07, 6.45) is 5.61. The van der Waals surface area contributed by atoms with E-state index in [0.29, 0.717) is 29.4 Å². The molecule has 4 heteroatoms. The van der Waals surface area contributed by atoms with E-state index in [4.69, 9.17) is 0 Å². The molecule has 1 aromatic carbocycles. The molecule has 6 rings (SSSR count). The summed E-state index contributed by atoms with van der Waals surface area (Å²) in [6.45, 7) is 0. The Hall–Kier alpha value is -1.42. The van der Waals surface area contributed by atoms with Crippen molar-refractivity contribution in [1.82, 2.24) is 0 Å². The van der Waals surface area contributed by atoms with Gasteiger partial charge in [0.15, 0.2) is 0 Å². The van der Waals surface area contributed by atoms with E-state index in [9.17, 15) is 9.59 Å². The Morgan fingerprint density at radius 1 is 0.905 bits per heavy atom. The summed E-state index contributed by atoms with van der Waals surface area (Å²) in [5.74, 6) is 1.70. The number of carbonyl (C=O) groups is 2. The molecule has 1 aliphatic heterocycles. The maximum Gasteiger partial charge on any atom is 0.238 e. The third-order valence-corrected chi connectivity index (χ3v) is 6.28. The molecule has 106 valence electrons. The highest BCUT2D eigenvalue weighted by molar-refractivity contribution is 9.10. The first-order valence-corrected chi connectivity index (χ1v) is 8.28. The van der Waals surface area contributed by atoms with Crippen molar-refractivity contribution >= 4 is 33.4 Å². The van der Waals surface area contributed by atoms with Gasteiger partial charge in [0.1, 0.15) is 0 Å². The fourth-order valence-electron chi connectivity index (χ4n) is 4.80. The Bertz CT molecular complexity index is 659. The Morgan fingerprint density at radius 2 is 1.43 bits per heavy atom. The molecule has 2 saturated carbocycles. The van der Waals surface area contributed by atoms with Crippen molar-refractivity contribution in [1.29, 1.82) is 0 Å². The van der Waals surface area contributed by atoms with Gasteiger partial charge in [0.25, 0.3) is 0 Å². The minimum atomic E-state index is -0.111. The summed E-state index contributed by atoms with van der Waals surface area (Å²) in [6, 6.07) is 7.44. The third-order valence-electron chi connectivity index (χ3n) is 5.75. The van der Waals surface area contributed by atoms with E-state index < -0.39 is 0 Å². The number of allylic oxidation sites excluding steroid dienone is 2. The van der Waals surface area contributed by atoms with E-state index in [0.717, 1.165) is 4.47 Å². The van der Waals surface area contributed by atoms with Crippen LogP contribution in [0.5, 0.6) is 0 Å². The molecule has 2 bridgehead atoms. The van der Waals surface area contributed by atoms with Crippen molar-refractivity contribution in [2.75, 3.05) is 4.90 Å². The summed E-state index contributed by atoms with van der Waals surface area (Å²) >= 11 is 3.39. The van der Waals surface area contributed by atoms with Crippen molar-refractivity contribution in [2.24, 2.45) is 35.5 Å². The summed E-state index contributed by atoms with van der Waals surface area (Å²) in [5.41, 5.74) is 0.704.